The topological polar surface area (TPSA) is 84.3 Å². The number of hydrogen-bond acceptors (Lipinski definition) is 5. The number of para-hydroxylation sites is 1. The fourth-order valence-corrected chi connectivity index (χ4v) is 4.86. The lowest BCUT2D eigenvalue weighted by Crippen LogP contribution is -2.38. The smallest absolute Gasteiger partial charge is 0.262 e. The number of nitrogens with zero attached hydrogens (tertiary/aromatic N) is 3. The molecule has 2 amide bonds. The third kappa shape index (κ3) is 3.90. The van der Waals surface area contributed by atoms with E-state index in [-0.39, 0.29) is 30.5 Å². The molecule has 0 aliphatic heterocycles. The van der Waals surface area contributed by atoms with Crippen LogP contribution in [-0.2, 0) is 29.0 Å². The van der Waals surface area contributed by atoms with Crippen LogP contribution in [0.2, 0.25) is 5.02 Å². The molecule has 0 radical (unpaired) electrons. The van der Waals surface area contributed by atoms with Crippen LogP contribution in [0.15, 0.2) is 35.4 Å². The van der Waals surface area contributed by atoms with Crippen LogP contribution in [0, 0.1) is 0 Å². The molecule has 7 nitrogen and oxygen atoms in total. The van der Waals surface area contributed by atoms with E-state index in [2.05, 4.69) is 10.3 Å². The Bertz CT molecular complexity index is 1170. The number of thiophene rings is 1. The highest BCUT2D eigenvalue weighted by Crippen LogP contribution is 2.34. The minimum atomic E-state index is -0.370. The number of aromatic nitrogens is 2. The second kappa shape index (κ2) is 7.96. The summed E-state index contributed by atoms with van der Waals surface area (Å²) in [4.78, 5) is 45.3. The third-order valence-corrected chi connectivity index (χ3v) is 6.48. The van der Waals surface area contributed by atoms with E-state index >= 15 is 0 Å². The minimum Gasteiger partial charge on any atom is -0.335 e. The molecule has 1 aromatic carbocycles. The van der Waals surface area contributed by atoms with Crippen molar-refractivity contribution in [3.05, 3.63) is 56.4 Å². The number of nitrogens with one attached hydrogen (secondary N) is 1. The summed E-state index contributed by atoms with van der Waals surface area (Å²) in [7, 11) is 1.52. The molecule has 4 rings (SSSR count). The van der Waals surface area contributed by atoms with E-state index in [4.69, 9.17) is 11.6 Å². The minimum absolute atomic E-state index is 0.150. The lowest BCUT2D eigenvalue weighted by atomic mass is 10.2. The Labute approximate surface area is 175 Å². The molecule has 9 heteroatoms. The van der Waals surface area contributed by atoms with Gasteiger partial charge in [-0.25, -0.2) is 4.98 Å². The summed E-state index contributed by atoms with van der Waals surface area (Å²) in [5.74, 6) is -0.722. The standard InChI is InChI=1S/C20H19ClN4O3S/c1-24(9-16(26)23-14-7-3-2-6-13(14)21)17(27)10-25-11-22-19-18(20(25)28)12-5-4-8-15(12)29-19/h2-3,6-7,11H,4-5,8-10H2,1H3,(H,23,26). The van der Waals surface area contributed by atoms with Gasteiger partial charge < -0.3 is 10.2 Å². The number of rotatable bonds is 5. The first-order chi connectivity index (χ1) is 13.9. The van der Waals surface area contributed by atoms with Gasteiger partial charge in [-0.1, -0.05) is 23.7 Å². The second-order valence-electron chi connectivity index (χ2n) is 6.99. The van der Waals surface area contributed by atoms with Gasteiger partial charge in [-0.3, -0.25) is 19.0 Å². The van der Waals surface area contributed by atoms with Crippen molar-refractivity contribution >= 4 is 50.7 Å². The number of likely N-dealkylation sites (N-methyl/N-ethyl adjacent to an activating group) is 1. The van der Waals surface area contributed by atoms with Gasteiger partial charge >= 0.3 is 0 Å². The predicted octanol–water partition coefficient (Wildman–Crippen LogP) is 2.70. The van der Waals surface area contributed by atoms with Gasteiger partial charge in [0.1, 0.15) is 11.4 Å². The van der Waals surface area contributed by atoms with E-state index in [0.717, 1.165) is 29.7 Å². The van der Waals surface area contributed by atoms with E-state index in [1.54, 1.807) is 35.6 Å². The number of halogens is 1. The van der Waals surface area contributed by atoms with E-state index in [1.807, 2.05) is 0 Å². The van der Waals surface area contributed by atoms with Crippen molar-refractivity contribution in [3.8, 4) is 0 Å². The van der Waals surface area contributed by atoms with Gasteiger partial charge in [-0.15, -0.1) is 11.3 Å². The molecule has 0 saturated heterocycles. The number of carbonyl (C=O) groups excluding carboxylic acids is 2. The Kier molecular flexibility index (Phi) is 5.38. The van der Waals surface area contributed by atoms with E-state index < -0.39 is 0 Å². The van der Waals surface area contributed by atoms with E-state index in [0.29, 0.717) is 16.1 Å². The normalized spacial score (nSPS) is 12.8. The Morgan fingerprint density at radius 2 is 2.10 bits per heavy atom. The Morgan fingerprint density at radius 3 is 2.90 bits per heavy atom. The summed E-state index contributed by atoms with van der Waals surface area (Å²) in [5.41, 5.74) is 1.37. The lowest BCUT2D eigenvalue weighted by molar-refractivity contribution is -0.133. The molecular weight excluding hydrogens is 412 g/mol. The van der Waals surface area contributed by atoms with Crippen LogP contribution in [0.1, 0.15) is 16.9 Å². The van der Waals surface area contributed by atoms with Gasteiger partial charge in [0.25, 0.3) is 5.56 Å². The largest absolute Gasteiger partial charge is 0.335 e. The summed E-state index contributed by atoms with van der Waals surface area (Å²) in [6, 6.07) is 6.87. The first-order valence-electron chi connectivity index (χ1n) is 9.22. The van der Waals surface area contributed by atoms with Crippen molar-refractivity contribution in [2.24, 2.45) is 0 Å². The third-order valence-electron chi connectivity index (χ3n) is 4.95. The molecule has 0 saturated carbocycles. The zero-order valence-corrected chi connectivity index (χ0v) is 17.3. The van der Waals surface area contributed by atoms with Gasteiger partial charge in [-0.2, -0.15) is 0 Å². The number of aryl methyl sites for hydroxylation is 2. The van der Waals surface area contributed by atoms with Crippen molar-refractivity contribution in [2.75, 3.05) is 18.9 Å². The Balaban J connectivity index is 1.45. The zero-order chi connectivity index (χ0) is 20.5. The Hall–Kier alpha value is -2.71. The average Bonchev–Trinajstić information content (AvgIpc) is 3.26. The van der Waals surface area contributed by atoms with Gasteiger partial charge in [0.15, 0.2) is 0 Å². The average molecular weight is 431 g/mol. The second-order valence-corrected chi connectivity index (χ2v) is 8.48. The fraction of sp³-hybridized carbons (Fsp3) is 0.300. The van der Waals surface area contributed by atoms with Crippen molar-refractivity contribution < 1.29 is 9.59 Å². The summed E-state index contributed by atoms with van der Waals surface area (Å²) in [6.45, 7) is -0.315. The molecule has 1 N–H and O–H groups in total. The first kappa shape index (κ1) is 19.6. The fourth-order valence-electron chi connectivity index (χ4n) is 3.45. The SMILES string of the molecule is CN(CC(=O)Nc1ccccc1Cl)C(=O)Cn1cnc2sc3c(c2c1=O)CCC3. The van der Waals surface area contributed by atoms with Crippen molar-refractivity contribution in [1.82, 2.24) is 14.5 Å². The highest BCUT2D eigenvalue weighted by atomic mass is 35.5. The van der Waals surface area contributed by atoms with Crippen LogP contribution >= 0.6 is 22.9 Å². The molecule has 2 aromatic heterocycles. The van der Waals surface area contributed by atoms with Crippen LogP contribution in [0.5, 0.6) is 0 Å². The predicted molar refractivity (Wildman–Crippen MR) is 114 cm³/mol. The van der Waals surface area contributed by atoms with Gasteiger partial charge in [0.2, 0.25) is 11.8 Å². The molecule has 0 atom stereocenters. The molecule has 150 valence electrons. The van der Waals surface area contributed by atoms with E-state index in [1.165, 1.54) is 27.7 Å². The lowest BCUT2D eigenvalue weighted by Gasteiger charge is -2.17. The van der Waals surface area contributed by atoms with Gasteiger partial charge in [0, 0.05) is 11.9 Å². The molecule has 3 aromatic rings. The highest BCUT2D eigenvalue weighted by Gasteiger charge is 2.22. The molecule has 1 aliphatic carbocycles. The maximum Gasteiger partial charge on any atom is 0.262 e. The monoisotopic (exact) mass is 430 g/mol. The summed E-state index contributed by atoms with van der Waals surface area (Å²) < 4.78 is 1.32. The number of benzene rings is 1. The Morgan fingerprint density at radius 1 is 1.31 bits per heavy atom. The number of anilines is 1. The number of carbonyl (C=O) groups is 2. The summed E-state index contributed by atoms with van der Waals surface area (Å²) in [6.07, 6.45) is 4.32. The van der Waals surface area contributed by atoms with Crippen LogP contribution in [0.3, 0.4) is 0 Å². The van der Waals surface area contributed by atoms with Crippen LogP contribution < -0.4 is 10.9 Å². The van der Waals surface area contributed by atoms with Crippen molar-refractivity contribution in [1.29, 1.82) is 0 Å². The maximum absolute atomic E-state index is 12.9. The molecule has 0 unspecified atom stereocenters. The van der Waals surface area contributed by atoms with Gasteiger partial charge in [0.05, 0.1) is 29.0 Å². The van der Waals surface area contributed by atoms with Crippen LogP contribution in [0.25, 0.3) is 10.2 Å². The zero-order valence-electron chi connectivity index (χ0n) is 15.8. The number of amides is 2. The van der Waals surface area contributed by atoms with Gasteiger partial charge in [-0.05, 0) is 37.0 Å². The summed E-state index contributed by atoms with van der Waals surface area (Å²) in [5, 5.41) is 3.73. The molecular formula is C20H19ClN4O3S. The molecule has 0 spiro atoms. The highest BCUT2D eigenvalue weighted by molar-refractivity contribution is 7.18. The maximum atomic E-state index is 12.9. The van der Waals surface area contributed by atoms with Crippen molar-refractivity contribution in [2.45, 2.75) is 25.8 Å². The molecule has 2 heterocycles. The van der Waals surface area contributed by atoms with Crippen LogP contribution in [0.4, 0.5) is 5.69 Å². The molecule has 0 fully saturated rings. The quantitative estimate of drug-likeness (QED) is 0.674. The summed E-state index contributed by atoms with van der Waals surface area (Å²) >= 11 is 7.59. The molecule has 0 bridgehead atoms. The van der Waals surface area contributed by atoms with Crippen molar-refractivity contribution in [3.63, 3.8) is 0 Å². The number of fused-ring (bicyclic) bond motifs is 3. The van der Waals surface area contributed by atoms with Crippen LogP contribution in [-0.4, -0.2) is 39.9 Å². The number of hydrogen-bond donors (Lipinski definition) is 1. The molecule has 29 heavy (non-hydrogen) atoms. The first-order valence-corrected chi connectivity index (χ1v) is 10.4. The molecule has 1 aliphatic rings. The van der Waals surface area contributed by atoms with E-state index in [9.17, 15) is 14.4 Å².